The lowest BCUT2D eigenvalue weighted by molar-refractivity contribution is -0.116. The Hall–Kier alpha value is -2.54. The van der Waals surface area contributed by atoms with Crippen LogP contribution in [0, 0.1) is 0 Å². The summed E-state index contributed by atoms with van der Waals surface area (Å²) in [6.07, 6.45) is 2.07. The number of hydrogen-bond donors (Lipinski definition) is 2. The van der Waals surface area contributed by atoms with Gasteiger partial charge in [0, 0.05) is 28.5 Å². The zero-order valence-corrected chi connectivity index (χ0v) is 17.0. The highest BCUT2D eigenvalue weighted by Gasteiger charge is 2.39. The van der Waals surface area contributed by atoms with E-state index in [1.165, 1.54) is 11.8 Å². The number of fused-ring (bicyclic) bond motifs is 1. The van der Waals surface area contributed by atoms with E-state index >= 15 is 0 Å². The molecule has 4 rings (SSSR count). The van der Waals surface area contributed by atoms with Crippen molar-refractivity contribution in [3.8, 4) is 5.75 Å². The number of ether oxygens (including phenoxy) is 1. The Bertz CT molecular complexity index is 1030. The second kappa shape index (κ2) is 7.47. The first-order chi connectivity index (χ1) is 13.5. The molecule has 28 heavy (non-hydrogen) atoms. The average Bonchev–Trinajstić information content (AvgIpc) is 2.66. The lowest BCUT2D eigenvalue weighted by Crippen LogP contribution is -2.33. The van der Waals surface area contributed by atoms with Crippen LogP contribution in [0.3, 0.4) is 0 Å². The number of para-hydroxylation sites is 1. The van der Waals surface area contributed by atoms with Gasteiger partial charge in [0.05, 0.1) is 18.6 Å². The van der Waals surface area contributed by atoms with Crippen molar-refractivity contribution in [2.45, 2.75) is 49.4 Å². The number of aromatic nitrogens is 2. The molecular formula is C21H23N3O3S. The number of benzene rings is 1. The van der Waals surface area contributed by atoms with Crippen LogP contribution in [0.5, 0.6) is 5.75 Å². The zero-order chi connectivity index (χ0) is 19.8. The number of H-pyrrole nitrogens is 1. The maximum atomic E-state index is 13.1. The van der Waals surface area contributed by atoms with E-state index in [4.69, 9.17) is 4.74 Å². The molecule has 2 N–H and O–H groups in total. The molecule has 1 atom stereocenters. The molecule has 0 spiro atoms. The molecule has 1 aromatic heterocycles. The number of ketones is 1. The van der Waals surface area contributed by atoms with Crippen molar-refractivity contribution in [3.63, 3.8) is 0 Å². The molecule has 1 aliphatic carbocycles. The van der Waals surface area contributed by atoms with Gasteiger partial charge in [-0.25, -0.2) is 4.98 Å². The number of carbonyl (C=O) groups excluding carboxylic acids is 1. The summed E-state index contributed by atoms with van der Waals surface area (Å²) in [6, 6.07) is 7.56. The predicted molar refractivity (Wildman–Crippen MR) is 110 cm³/mol. The molecule has 146 valence electrons. The van der Waals surface area contributed by atoms with Gasteiger partial charge in [-0.2, -0.15) is 0 Å². The molecule has 0 fully saturated rings. The van der Waals surface area contributed by atoms with E-state index < -0.39 is 5.92 Å². The van der Waals surface area contributed by atoms with E-state index in [0.29, 0.717) is 39.5 Å². The minimum absolute atomic E-state index is 0.0790. The van der Waals surface area contributed by atoms with Gasteiger partial charge in [0.1, 0.15) is 11.6 Å². The Morgan fingerprint density at radius 1 is 1.21 bits per heavy atom. The summed E-state index contributed by atoms with van der Waals surface area (Å²) >= 11 is 1.51. The average molecular weight is 398 g/mol. The molecular weight excluding hydrogens is 374 g/mol. The molecule has 2 heterocycles. The number of nitrogens with one attached hydrogen (secondary N) is 2. The van der Waals surface area contributed by atoms with Crippen molar-refractivity contribution in [2.75, 3.05) is 12.4 Å². The number of thioether (sulfide) groups is 1. The van der Waals surface area contributed by atoms with Gasteiger partial charge in [0.2, 0.25) is 0 Å². The quantitative estimate of drug-likeness (QED) is 0.602. The monoisotopic (exact) mass is 397 g/mol. The molecule has 2 aliphatic rings. The van der Waals surface area contributed by atoms with Crippen LogP contribution in [0.15, 0.2) is 45.5 Å². The molecule has 0 amide bonds. The van der Waals surface area contributed by atoms with Crippen LogP contribution in [0.2, 0.25) is 0 Å². The standard InChI is InChI=1S/C21H23N3O3S/c1-11(2)28-21-23-19-18(20(26)24-21)16(12-7-4-5-10-15(12)27-3)17-13(22-19)8-6-9-14(17)25/h4-5,7,10-11,16H,6,8-9H2,1-3H3,(H2,22,23,24,26). The number of rotatable bonds is 4. The molecule has 6 nitrogen and oxygen atoms in total. The van der Waals surface area contributed by atoms with Crippen molar-refractivity contribution in [2.24, 2.45) is 0 Å². The van der Waals surface area contributed by atoms with E-state index in [1.54, 1.807) is 7.11 Å². The predicted octanol–water partition coefficient (Wildman–Crippen LogP) is 3.84. The van der Waals surface area contributed by atoms with Gasteiger partial charge < -0.3 is 15.0 Å². The number of anilines is 1. The number of nitrogens with zero attached hydrogens (tertiary/aromatic N) is 1. The highest BCUT2D eigenvalue weighted by Crippen LogP contribution is 2.45. The first-order valence-electron chi connectivity index (χ1n) is 9.46. The molecule has 7 heteroatoms. The van der Waals surface area contributed by atoms with Gasteiger partial charge in [-0.1, -0.05) is 43.8 Å². The minimum atomic E-state index is -0.482. The van der Waals surface area contributed by atoms with Crippen LogP contribution in [-0.4, -0.2) is 28.1 Å². The van der Waals surface area contributed by atoms with Crippen molar-refractivity contribution in [1.29, 1.82) is 0 Å². The maximum Gasteiger partial charge on any atom is 0.257 e. The summed E-state index contributed by atoms with van der Waals surface area (Å²) in [5.74, 6) is 0.793. The summed E-state index contributed by atoms with van der Waals surface area (Å²) in [5.41, 5.74) is 2.61. The molecule has 0 saturated carbocycles. The first-order valence-corrected chi connectivity index (χ1v) is 10.3. The van der Waals surface area contributed by atoms with Crippen LogP contribution in [0.1, 0.15) is 50.2 Å². The van der Waals surface area contributed by atoms with Crippen molar-refractivity contribution < 1.29 is 9.53 Å². The van der Waals surface area contributed by atoms with Gasteiger partial charge >= 0.3 is 0 Å². The topological polar surface area (TPSA) is 84.1 Å². The normalized spacial score (nSPS) is 18.6. The van der Waals surface area contributed by atoms with Crippen LogP contribution in [0.4, 0.5) is 5.82 Å². The fraction of sp³-hybridized carbons (Fsp3) is 0.381. The summed E-state index contributed by atoms with van der Waals surface area (Å²) < 4.78 is 5.55. The number of aromatic amines is 1. The number of methoxy groups -OCH3 is 1. The lowest BCUT2D eigenvalue weighted by atomic mass is 9.76. The third kappa shape index (κ3) is 3.24. The molecule has 1 aliphatic heterocycles. The number of carbonyl (C=O) groups is 1. The largest absolute Gasteiger partial charge is 0.496 e. The first kappa shape index (κ1) is 18.8. The smallest absolute Gasteiger partial charge is 0.257 e. The Balaban J connectivity index is 1.96. The van der Waals surface area contributed by atoms with Gasteiger partial charge in [0.25, 0.3) is 5.56 Å². The van der Waals surface area contributed by atoms with E-state index in [0.717, 1.165) is 24.1 Å². The highest BCUT2D eigenvalue weighted by atomic mass is 32.2. The summed E-state index contributed by atoms with van der Waals surface area (Å²) in [7, 11) is 1.60. The van der Waals surface area contributed by atoms with Crippen molar-refractivity contribution in [1.82, 2.24) is 9.97 Å². The lowest BCUT2D eigenvalue weighted by Gasteiger charge is -2.33. The van der Waals surface area contributed by atoms with E-state index in [2.05, 4.69) is 29.1 Å². The fourth-order valence-electron chi connectivity index (χ4n) is 3.94. The summed E-state index contributed by atoms with van der Waals surface area (Å²) in [5, 5.41) is 4.17. The molecule has 2 aromatic rings. The van der Waals surface area contributed by atoms with Crippen LogP contribution < -0.4 is 15.6 Å². The van der Waals surface area contributed by atoms with E-state index in [-0.39, 0.29) is 11.3 Å². The zero-order valence-electron chi connectivity index (χ0n) is 16.2. The Kier molecular flexibility index (Phi) is 5.02. The molecule has 1 aromatic carbocycles. The second-order valence-electron chi connectivity index (χ2n) is 7.27. The van der Waals surface area contributed by atoms with Crippen molar-refractivity contribution in [3.05, 3.63) is 57.0 Å². The third-order valence-electron chi connectivity index (χ3n) is 5.03. The van der Waals surface area contributed by atoms with E-state index in [9.17, 15) is 9.59 Å². The number of allylic oxidation sites excluding steroid dienone is 2. The third-order valence-corrected chi connectivity index (χ3v) is 5.92. The highest BCUT2D eigenvalue weighted by molar-refractivity contribution is 7.99. The molecule has 0 radical (unpaired) electrons. The van der Waals surface area contributed by atoms with E-state index in [1.807, 2.05) is 24.3 Å². The second-order valence-corrected chi connectivity index (χ2v) is 8.83. The molecule has 0 bridgehead atoms. The van der Waals surface area contributed by atoms with Gasteiger partial charge in [-0.15, -0.1) is 0 Å². The Morgan fingerprint density at radius 2 is 2.00 bits per heavy atom. The van der Waals surface area contributed by atoms with Gasteiger partial charge in [0.15, 0.2) is 10.9 Å². The molecule has 1 unspecified atom stereocenters. The number of hydrogen-bond acceptors (Lipinski definition) is 6. The Morgan fingerprint density at radius 3 is 2.75 bits per heavy atom. The van der Waals surface area contributed by atoms with Gasteiger partial charge in [-0.3, -0.25) is 9.59 Å². The van der Waals surface area contributed by atoms with Crippen LogP contribution in [-0.2, 0) is 4.79 Å². The van der Waals surface area contributed by atoms with Gasteiger partial charge in [-0.05, 0) is 18.9 Å². The van der Waals surface area contributed by atoms with Crippen molar-refractivity contribution >= 4 is 23.4 Å². The summed E-state index contributed by atoms with van der Waals surface area (Å²) in [6.45, 7) is 4.10. The minimum Gasteiger partial charge on any atom is -0.496 e. The maximum absolute atomic E-state index is 13.1. The Labute approximate surface area is 167 Å². The summed E-state index contributed by atoms with van der Waals surface area (Å²) in [4.78, 5) is 33.5. The SMILES string of the molecule is COc1ccccc1C1C2=C(CCCC2=O)Nc2nc(SC(C)C)[nH]c(=O)c21. The molecule has 0 saturated heterocycles. The van der Waals surface area contributed by atoms with Crippen LogP contribution in [0.25, 0.3) is 0 Å². The number of Topliss-reactive ketones (excluding diaryl/α,β-unsaturated/α-hetero) is 1. The van der Waals surface area contributed by atoms with Crippen LogP contribution >= 0.6 is 11.8 Å². The fourth-order valence-corrected chi connectivity index (χ4v) is 4.68.